The summed E-state index contributed by atoms with van der Waals surface area (Å²) < 4.78 is 5.48. The van der Waals surface area contributed by atoms with Crippen LogP contribution in [-0.4, -0.2) is 58.3 Å². The van der Waals surface area contributed by atoms with Crippen LogP contribution in [0.1, 0.15) is 112 Å². The Balaban J connectivity index is 0.000000455. The molecule has 2 fully saturated rings. The number of aromatic amines is 1. The van der Waals surface area contributed by atoms with Crippen LogP contribution < -0.4 is 10.5 Å². The van der Waals surface area contributed by atoms with E-state index in [1.165, 1.54) is 52.2 Å². The highest BCUT2D eigenvalue weighted by Gasteiger charge is 2.44. The first-order valence-electron chi connectivity index (χ1n) is 17.5. The van der Waals surface area contributed by atoms with Gasteiger partial charge in [0.1, 0.15) is 11.6 Å². The number of terminal acetylenes is 1. The Hall–Kier alpha value is -3.70. The van der Waals surface area contributed by atoms with Crippen molar-refractivity contribution in [1.29, 1.82) is 0 Å². The molecule has 1 spiro atoms. The number of nitrogens with one attached hydrogen (secondary N) is 1. The smallest absolute Gasteiger partial charge is 0.223 e. The number of Topliss-reactive ketones (excluding diaryl/α,β-unsaturated/α-hetero) is 1. The van der Waals surface area contributed by atoms with Crippen LogP contribution in [0.5, 0.6) is 5.88 Å². The van der Waals surface area contributed by atoms with Gasteiger partial charge in [0.15, 0.2) is 0 Å². The molecule has 2 aliphatic rings. The van der Waals surface area contributed by atoms with Crippen molar-refractivity contribution in [2.24, 2.45) is 17.1 Å². The number of imidazole rings is 1. The van der Waals surface area contributed by atoms with Gasteiger partial charge in [0.2, 0.25) is 11.8 Å². The number of amides is 1. The number of hydrogen-bond donors (Lipinski definition) is 2. The number of hydrogen-bond acceptors (Lipinski definition) is 6. The zero-order valence-corrected chi connectivity index (χ0v) is 30.2. The maximum Gasteiger partial charge on any atom is 0.223 e. The molecule has 0 unspecified atom stereocenters. The number of aromatic nitrogens is 3. The molecule has 3 aromatic rings. The van der Waals surface area contributed by atoms with E-state index in [2.05, 4.69) is 58.3 Å². The molecule has 5 rings (SSSR count). The lowest BCUT2D eigenvalue weighted by atomic mass is 9.93. The summed E-state index contributed by atoms with van der Waals surface area (Å²) in [7, 11) is 1.64. The van der Waals surface area contributed by atoms with Crippen LogP contribution in [0.25, 0.3) is 22.2 Å². The summed E-state index contributed by atoms with van der Waals surface area (Å²) in [6.07, 6.45) is 22.4. The summed E-state index contributed by atoms with van der Waals surface area (Å²) in [5, 5.41) is 1.08. The summed E-state index contributed by atoms with van der Waals surface area (Å²) in [5.74, 6) is 2.45. The van der Waals surface area contributed by atoms with Crippen molar-refractivity contribution in [3.05, 3.63) is 42.4 Å². The van der Waals surface area contributed by atoms with E-state index in [0.29, 0.717) is 18.1 Å². The topological polar surface area (TPSA) is 114 Å². The number of primary amides is 1. The Labute approximate surface area is 284 Å². The first-order valence-corrected chi connectivity index (χ1v) is 17.5. The normalized spacial score (nSPS) is 14.3. The molecule has 1 aliphatic carbocycles. The lowest BCUT2D eigenvalue weighted by Gasteiger charge is -2.33. The standard InChI is InChI=1S/C22H27N3O2.C11H21N.C2H5NO.C2H6.C2H2/c1-3-17(26)11-6-4-5-7-13-21-23-15-20(24-21)18-14-16-10-8-9-12-19(16)25-22(18)27-2;1-10(2)9-12-7-5-11(3-4-11)6-8-12;1-2(3)4;2*1-2/h8-10,12,14-15H,3-7,11,13H2,1-2H3,(H,23,24);10H,3-9H2,1-2H3;1H3,(H2,3,4);1-2H3;1-2H. The van der Waals surface area contributed by atoms with Crippen LogP contribution >= 0.6 is 0 Å². The quantitative estimate of drug-likeness (QED) is 0.151. The maximum absolute atomic E-state index is 11.3. The number of ketones is 1. The summed E-state index contributed by atoms with van der Waals surface area (Å²) in [6, 6.07) is 10.1. The van der Waals surface area contributed by atoms with Gasteiger partial charge < -0.3 is 20.4 Å². The SMILES string of the molecule is C#C.CC.CC(C)CN1CCC2(CC1)CC2.CC(N)=O.CCC(=O)CCCCCCc1ncc(-c2cc3ccccc3nc2OC)[nH]1. The number of nitrogens with two attached hydrogens (primary N) is 1. The number of H-pyrrole nitrogens is 1. The molecule has 1 saturated heterocycles. The van der Waals surface area contributed by atoms with Gasteiger partial charge in [-0.05, 0) is 75.1 Å². The number of methoxy groups -OCH3 is 1. The third-order valence-corrected chi connectivity index (χ3v) is 8.31. The van der Waals surface area contributed by atoms with E-state index < -0.39 is 0 Å². The molecule has 47 heavy (non-hydrogen) atoms. The van der Waals surface area contributed by atoms with Crippen LogP contribution in [0.15, 0.2) is 36.5 Å². The molecular formula is C39H61N5O3. The fraction of sp³-hybridized carbons (Fsp3) is 0.590. The number of unbranched alkanes of at least 4 members (excludes halogenated alkanes) is 3. The van der Waals surface area contributed by atoms with Crippen molar-refractivity contribution in [2.45, 2.75) is 112 Å². The number of benzene rings is 1. The Kier molecular flexibility index (Phi) is 20.0. The minimum Gasteiger partial charge on any atom is -0.480 e. The monoisotopic (exact) mass is 647 g/mol. The second-order valence-electron chi connectivity index (χ2n) is 12.6. The maximum atomic E-state index is 11.3. The van der Waals surface area contributed by atoms with Crippen LogP contribution in [0.4, 0.5) is 0 Å². The summed E-state index contributed by atoms with van der Waals surface area (Å²) >= 11 is 0. The molecule has 260 valence electrons. The molecule has 0 atom stereocenters. The number of ether oxygens (including phenoxy) is 1. The minimum absolute atomic E-state index is 0.333. The van der Waals surface area contributed by atoms with Gasteiger partial charge in [0.25, 0.3) is 0 Å². The van der Waals surface area contributed by atoms with Crippen molar-refractivity contribution >= 4 is 22.6 Å². The molecule has 0 radical (unpaired) electrons. The average Bonchev–Trinajstić information content (AvgIpc) is 3.67. The van der Waals surface area contributed by atoms with Crippen molar-refractivity contribution in [1.82, 2.24) is 19.9 Å². The summed E-state index contributed by atoms with van der Waals surface area (Å²) in [6.45, 7) is 15.9. The Morgan fingerprint density at radius 3 is 2.23 bits per heavy atom. The van der Waals surface area contributed by atoms with Gasteiger partial charge in [-0.1, -0.05) is 65.7 Å². The van der Waals surface area contributed by atoms with Gasteiger partial charge in [-0.15, -0.1) is 12.8 Å². The van der Waals surface area contributed by atoms with E-state index >= 15 is 0 Å². The molecule has 8 nitrogen and oxygen atoms in total. The van der Waals surface area contributed by atoms with E-state index in [-0.39, 0.29) is 5.91 Å². The molecule has 1 saturated carbocycles. The summed E-state index contributed by atoms with van der Waals surface area (Å²) in [5.41, 5.74) is 8.09. The molecule has 2 aromatic heterocycles. The molecule has 8 heteroatoms. The number of aryl methyl sites for hydroxylation is 1. The van der Waals surface area contributed by atoms with Gasteiger partial charge in [0, 0.05) is 38.1 Å². The minimum atomic E-state index is -0.333. The lowest BCUT2D eigenvalue weighted by Crippen LogP contribution is -2.36. The van der Waals surface area contributed by atoms with Crippen molar-refractivity contribution < 1.29 is 14.3 Å². The number of rotatable bonds is 12. The molecule has 0 bridgehead atoms. The second kappa shape index (κ2) is 22.8. The summed E-state index contributed by atoms with van der Waals surface area (Å²) in [4.78, 5) is 35.7. The second-order valence-corrected chi connectivity index (χ2v) is 12.6. The first-order chi connectivity index (χ1) is 22.6. The van der Waals surface area contributed by atoms with Gasteiger partial charge in [-0.3, -0.25) is 9.59 Å². The van der Waals surface area contributed by atoms with Crippen molar-refractivity contribution in [3.8, 4) is 30.0 Å². The molecular weight excluding hydrogens is 586 g/mol. The highest BCUT2D eigenvalue weighted by molar-refractivity contribution is 5.85. The Morgan fingerprint density at radius 2 is 1.66 bits per heavy atom. The lowest BCUT2D eigenvalue weighted by molar-refractivity contribution is -0.119. The van der Waals surface area contributed by atoms with Crippen molar-refractivity contribution in [3.63, 3.8) is 0 Å². The first kappa shape index (κ1) is 41.3. The molecule has 1 aliphatic heterocycles. The Bertz CT molecular complexity index is 1330. The third-order valence-electron chi connectivity index (χ3n) is 8.31. The molecule has 1 amide bonds. The van der Waals surface area contributed by atoms with Gasteiger partial charge >= 0.3 is 0 Å². The molecule has 3 N–H and O–H groups in total. The average molecular weight is 648 g/mol. The number of pyridine rings is 1. The predicted molar refractivity (Wildman–Crippen MR) is 196 cm³/mol. The number of likely N-dealkylation sites (tertiary alicyclic amines) is 1. The van der Waals surface area contributed by atoms with Gasteiger partial charge in [-0.2, -0.15) is 0 Å². The zero-order chi connectivity index (χ0) is 35.2. The fourth-order valence-electron chi connectivity index (χ4n) is 5.62. The zero-order valence-electron chi connectivity index (χ0n) is 30.2. The largest absolute Gasteiger partial charge is 0.480 e. The van der Waals surface area contributed by atoms with Crippen molar-refractivity contribution in [2.75, 3.05) is 26.7 Å². The number of fused-ring (bicyclic) bond motifs is 1. The van der Waals surface area contributed by atoms with E-state index in [1.807, 2.05) is 51.2 Å². The van der Waals surface area contributed by atoms with Crippen LogP contribution in [0, 0.1) is 24.2 Å². The highest BCUT2D eigenvalue weighted by Crippen LogP contribution is 2.53. The number of para-hydroxylation sites is 1. The predicted octanol–water partition coefficient (Wildman–Crippen LogP) is 8.39. The van der Waals surface area contributed by atoms with Crippen LogP contribution in [0.2, 0.25) is 0 Å². The van der Waals surface area contributed by atoms with E-state index in [9.17, 15) is 9.59 Å². The molecule has 3 heterocycles. The number of carbonyl (C=O) groups excluding carboxylic acids is 2. The van der Waals surface area contributed by atoms with Crippen LogP contribution in [0.3, 0.4) is 0 Å². The Morgan fingerprint density at radius 1 is 1.04 bits per heavy atom. The highest BCUT2D eigenvalue weighted by atomic mass is 16.5. The van der Waals surface area contributed by atoms with E-state index in [1.54, 1.807) is 7.11 Å². The van der Waals surface area contributed by atoms with Gasteiger partial charge in [0.05, 0.1) is 30.1 Å². The molecule has 1 aromatic carbocycles. The number of piperidine rings is 1. The number of carbonyl (C=O) groups is 2. The number of nitrogens with zero attached hydrogens (tertiary/aromatic N) is 3. The third kappa shape index (κ3) is 15.6. The van der Waals surface area contributed by atoms with Crippen LogP contribution in [-0.2, 0) is 16.0 Å². The van der Waals surface area contributed by atoms with E-state index in [0.717, 1.165) is 77.8 Å². The van der Waals surface area contributed by atoms with Gasteiger partial charge in [-0.25, -0.2) is 9.97 Å². The van der Waals surface area contributed by atoms with E-state index in [4.69, 9.17) is 4.74 Å². The fourth-order valence-corrected chi connectivity index (χ4v) is 5.62.